The van der Waals surface area contributed by atoms with E-state index in [1.807, 2.05) is 54.8 Å². The smallest absolute Gasteiger partial charge is 0.276 e. The highest BCUT2D eigenvalue weighted by Crippen LogP contribution is 2.31. The predicted molar refractivity (Wildman–Crippen MR) is 209 cm³/mol. The predicted octanol–water partition coefficient (Wildman–Crippen LogP) is 4.94. The monoisotopic (exact) mass is 836 g/mol. The van der Waals surface area contributed by atoms with E-state index in [4.69, 9.17) is 26.7 Å². The lowest BCUT2D eigenvalue weighted by Gasteiger charge is -2.12. The van der Waals surface area contributed by atoms with Gasteiger partial charge in [-0.25, -0.2) is 9.97 Å². The summed E-state index contributed by atoms with van der Waals surface area (Å²) < 4.78 is 16.6. The highest BCUT2D eigenvalue weighted by molar-refractivity contribution is 8.93. The summed E-state index contributed by atoms with van der Waals surface area (Å²) in [5.74, 6) is 0.0103. The lowest BCUT2D eigenvalue weighted by atomic mass is 10.1. The molecule has 0 atom stereocenters. The summed E-state index contributed by atoms with van der Waals surface area (Å²) in [7, 11) is 1.60. The first-order chi connectivity index (χ1) is 24.1. The van der Waals surface area contributed by atoms with Crippen LogP contribution in [0.2, 0.25) is 0 Å². The van der Waals surface area contributed by atoms with Crippen molar-refractivity contribution < 1.29 is 23.9 Å². The number of primary amides is 2. The molecular formula is C35H38Br2N10O5. The lowest BCUT2D eigenvalue weighted by Crippen LogP contribution is -2.19. The number of halogens is 2. The number of anilines is 2. The van der Waals surface area contributed by atoms with Crippen LogP contribution in [0.25, 0.3) is 22.1 Å². The molecule has 0 aliphatic heterocycles. The number of nitrogens with one attached hydrogen (secondary N) is 1. The van der Waals surface area contributed by atoms with Gasteiger partial charge in [0.1, 0.15) is 29.3 Å². The molecule has 6 rings (SSSR count). The number of methoxy groups -OCH3 is 1. The number of amides is 3. The van der Waals surface area contributed by atoms with Crippen molar-refractivity contribution in [3.63, 3.8) is 0 Å². The number of nitrogen functional groups attached to an aromatic ring is 1. The first kappa shape index (κ1) is 39.1. The van der Waals surface area contributed by atoms with Crippen LogP contribution >= 0.6 is 34.0 Å². The molecule has 3 aromatic carbocycles. The number of fused-ring (bicyclic) bond motifs is 2. The summed E-state index contributed by atoms with van der Waals surface area (Å²) in [4.78, 5) is 46.4. The molecule has 272 valence electrons. The maximum absolute atomic E-state index is 13.3. The number of aromatic nitrogens is 6. The van der Waals surface area contributed by atoms with E-state index in [0.29, 0.717) is 64.4 Å². The zero-order valence-corrected chi connectivity index (χ0v) is 32.0. The van der Waals surface area contributed by atoms with E-state index in [0.717, 1.165) is 11.3 Å². The molecule has 15 nitrogen and oxygen atoms in total. The third-order valence-electron chi connectivity index (χ3n) is 8.11. The van der Waals surface area contributed by atoms with Gasteiger partial charge in [0.2, 0.25) is 23.7 Å². The second kappa shape index (κ2) is 16.6. The van der Waals surface area contributed by atoms with Gasteiger partial charge in [0.25, 0.3) is 5.91 Å². The second-order valence-corrected chi connectivity index (χ2v) is 11.4. The highest BCUT2D eigenvalue weighted by Gasteiger charge is 2.20. The molecule has 0 aliphatic carbocycles. The fourth-order valence-corrected chi connectivity index (χ4v) is 5.63. The Hall–Kier alpha value is -5.68. The van der Waals surface area contributed by atoms with Gasteiger partial charge in [0.15, 0.2) is 0 Å². The number of ether oxygens (including phenoxy) is 2. The average molecular weight is 839 g/mol. The fourth-order valence-electron chi connectivity index (χ4n) is 5.63. The summed E-state index contributed by atoms with van der Waals surface area (Å²) in [5, 5.41) is 7.27. The molecule has 0 bridgehead atoms. The number of hydrogen-bond acceptors (Lipinski definition) is 9. The Morgan fingerprint density at radius 1 is 0.865 bits per heavy atom. The van der Waals surface area contributed by atoms with Crippen LogP contribution in [0.4, 0.5) is 11.9 Å². The fraction of sp³-hybridized carbons (Fsp3) is 0.200. The Labute approximate surface area is 319 Å². The third kappa shape index (κ3) is 8.10. The Balaban J connectivity index is 0.00000302. The highest BCUT2D eigenvalue weighted by atomic mass is 79.9. The van der Waals surface area contributed by atoms with Gasteiger partial charge in [-0.2, -0.15) is 5.10 Å². The van der Waals surface area contributed by atoms with Crippen molar-refractivity contribution in [2.75, 3.05) is 18.2 Å². The number of hydrogen-bond donors (Lipinski definition) is 4. The lowest BCUT2D eigenvalue weighted by molar-refractivity contribution is 0.0992. The molecule has 3 amide bonds. The molecule has 6 aromatic rings. The number of benzene rings is 3. The summed E-state index contributed by atoms with van der Waals surface area (Å²) >= 11 is 0. The number of imidazole rings is 2. The van der Waals surface area contributed by atoms with Crippen molar-refractivity contribution in [2.24, 2.45) is 11.5 Å². The Kier molecular flexibility index (Phi) is 12.5. The molecule has 7 N–H and O–H groups in total. The molecule has 0 spiro atoms. The van der Waals surface area contributed by atoms with Crippen LogP contribution in [0.5, 0.6) is 11.5 Å². The van der Waals surface area contributed by atoms with E-state index < -0.39 is 11.8 Å². The Morgan fingerprint density at radius 2 is 1.54 bits per heavy atom. The summed E-state index contributed by atoms with van der Waals surface area (Å²) in [5.41, 5.74) is 22.2. The van der Waals surface area contributed by atoms with Crippen molar-refractivity contribution in [2.45, 2.75) is 40.1 Å². The largest absolute Gasteiger partial charge is 0.497 e. The van der Waals surface area contributed by atoms with Crippen LogP contribution in [0.3, 0.4) is 0 Å². The second-order valence-electron chi connectivity index (χ2n) is 11.4. The summed E-state index contributed by atoms with van der Waals surface area (Å²) in [6.45, 7) is 5.04. The number of rotatable bonds is 13. The standard InChI is InChI=1S/C35H36N10O5.2BrH/c1-4-45-28(15-20(2)42-45)33(48)41-35-40-25-16-22(31(36)46)9-12-27(25)43(35)13-5-6-14-44-30-26(39-34(44)38)17-23(32(37)47)18-29(30)50-19-21-7-10-24(49-3)11-8-21;;/h5-12,15-18H,4,13-14,19H2,1-3H3,(H2,36,46)(H2,37,47)(H2,38,39)(H,40,41,48);2*1H/b6-5+;;. The van der Waals surface area contributed by atoms with Crippen molar-refractivity contribution >= 4 is 85.6 Å². The van der Waals surface area contributed by atoms with Crippen molar-refractivity contribution in [1.29, 1.82) is 0 Å². The van der Waals surface area contributed by atoms with Gasteiger partial charge in [0, 0.05) is 30.8 Å². The Bertz CT molecular complexity index is 2290. The molecule has 0 saturated heterocycles. The van der Waals surface area contributed by atoms with Gasteiger partial charge in [-0.1, -0.05) is 24.3 Å². The molecule has 0 radical (unpaired) electrons. The van der Waals surface area contributed by atoms with Crippen LogP contribution < -0.4 is 32.0 Å². The first-order valence-corrected chi connectivity index (χ1v) is 15.7. The van der Waals surface area contributed by atoms with Crippen LogP contribution in [-0.2, 0) is 26.2 Å². The molecule has 3 aromatic heterocycles. The van der Waals surface area contributed by atoms with Crippen molar-refractivity contribution in [3.05, 3.63) is 101 Å². The van der Waals surface area contributed by atoms with Gasteiger partial charge in [-0.05, 0) is 67.9 Å². The zero-order valence-electron chi connectivity index (χ0n) is 28.5. The number of carbonyl (C=O) groups is 3. The normalized spacial score (nSPS) is 11.0. The molecule has 52 heavy (non-hydrogen) atoms. The van der Waals surface area contributed by atoms with E-state index in [9.17, 15) is 14.4 Å². The van der Waals surface area contributed by atoms with Gasteiger partial charge in [0.05, 0.1) is 29.4 Å². The third-order valence-corrected chi connectivity index (χ3v) is 8.11. The summed E-state index contributed by atoms with van der Waals surface area (Å²) in [6.07, 6.45) is 3.78. The van der Waals surface area contributed by atoms with Crippen LogP contribution in [0, 0.1) is 6.92 Å². The number of nitrogens with zero attached hydrogens (tertiary/aromatic N) is 6. The molecule has 0 aliphatic rings. The quantitative estimate of drug-likeness (QED) is 0.116. The molecule has 0 unspecified atom stereocenters. The van der Waals surface area contributed by atoms with Gasteiger partial charge in [-0.3, -0.25) is 24.4 Å². The van der Waals surface area contributed by atoms with E-state index in [1.54, 1.807) is 52.8 Å². The molecule has 0 saturated carbocycles. The summed E-state index contributed by atoms with van der Waals surface area (Å²) in [6, 6.07) is 17.2. The minimum absolute atomic E-state index is 0. The topological polar surface area (TPSA) is 213 Å². The van der Waals surface area contributed by atoms with Gasteiger partial charge >= 0.3 is 0 Å². The molecular weight excluding hydrogens is 800 g/mol. The van der Waals surface area contributed by atoms with Gasteiger partial charge in [-0.15, -0.1) is 34.0 Å². The van der Waals surface area contributed by atoms with Gasteiger partial charge < -0.3 is 35.8 Å². The molecule has 3 heterocycles. The van der Waals surface area contributed by atoms with Crippen LogP contribution in [0.1, 0.15) is 49.4 Å². The Morgan fingerprint density at radius 3 is 2.19 bits per heavy atom. The number of allylic oxidation sites excluding steroid dienone is 2. The molecule has 17 heteroatoms. The number of carbonyl (C=O) groups excluding carboxylic acids is 3. The van der Waals surface area contributed by atoms with Crippen molar-refractivity contribution in [3.8, 4) is 11.5 Å². The maximum atomic E-state index is 13.3. The minimum atomic E-state index is -0.623. The average Bonchev–Trinajstić information content (AvgIpc) is 3.76. The number of aryl methyl sites for hydroxylation is 2. The van der Waals surface area contributed by atoms with E-state index in [1.165, 1.54) is 0 Å². The van der Waals surface area contributed by atoms with E-state index in [-0.39, 0.29) is 63.9 Å². The SMILES string of the molecule is Br.Br.CCn1nc(C)cc1C(=O)Nc1nc2cc(C(N)=O)ccc2n1C/C=C/Cn1c(N)nc2cc(C(N)=O)cc(OCc3ccc(OC)cc3)c21. The number of nitrogens with two attached hydrogens (primary N) is 3. The van der Waals surface area contributed by atoms with Crippen LogP contribution in [0.15, 0.2) is 72.8 Å². The van der Waals surface area contributed by atoms with E-state index >= 15 is 0 Å². The minimum Gasteiger partial charge on any atom is -0.497 e. The first-order valence-electron chi connectivity index (χ1n) is 15.7. The van der Waals surface area contributed by atoms with Crippen molar-refractivity contribution in [1.82, 2.24) is 28.9 Å². The zero-order chi connectivity index (χ0) is 35.5. The maximum Gasteiger partial charge on any atom is 0.276 e. The van der Waals surface area contributed by atoms with Crippen LogP contribution in [-0.4, -0.2) is 53.7 Å². The molecule has 0 fully saturated rings. The van der Waals surface area contributed by atoms with E-state index in [2.05, 4.69) is 20.4 Å².